The minimum Gasteiger partial charge on any atom is -0.313 e. The zero-order valence-corrected chi connectivity index (χ0v) is 13.8. The standard InChI is InChI=1S/C19H35N/c1-3-11-20-18(19(2)9-5-4-6-10-19)14-17-13-15-7-8-16(17)12-15/h15-18,20H,3-14H2,1-2H3. The second-order valence-electron chi connectivity index (χ2n) is 8.39. The smallest absolute Gasteiger partial charge is 0.0124 e. The van der Waals surface area contributed by atoms with Gasteiger partial charge in [-0.25, -0.2) is 0 Å². The van der Waals surface area contributed by atoms with E-state index in [0.717, 1.165) is 23.8 Å². The van der Waals surface area contributed by atoms with Gasteiger partial charge in [-0.05, 0) is 74.7 Å². The molecule has 2 bridgehead atoms. The lowest BCUT2D eigenvalue weighted by molar-refractivity contribution is 0.114. The summed E-state index contributed by atoms with van der Waals surface area (Å²) in [4.78, 5) is 0. The van der Waals surface area contributed by atoms with Crippen molar-refractivity contribution in [1.82, 2.24) is 5.32 Å². The van der Waals surface area contributed by atoms with Crippen molar-refractivity contribution >= 4 is 0 Å². The summed E-state index contributed by atoms with van der Waals surface area (Å²) in [6.45, 7) is 6.12. The fourth-order valence-electron chi connectivity index (χ4n) is 5.61. The molecular weight excluding hydrogens is 242 g/mol. The number of rotatable bonds is 6. The van der Waals surface area contributed by atoms with Crippen LogP contribution in [0.2, 0.25) is 0 Å². The van der Waals surface area contributed by atoms with Crippen LogP contribution in [0.4, 0.5) is 0 Å². The molecule has 1 N–H and O–H groups in total. The van der Waals surface area contributed by atoms with Gasteiger partial charge in [0.1, 0.15) is 0 Å². The van der Waals surface area contributed by atoms with E-state index in [-0.39, 0.29) is 0 Å². The molecule has 3 saturated carbocycles. The van der Waals surface area contributed by atoms with Crippen LogP contribution in [0.3, 0.4) is 0 Å². The van der Waals surface area contributed by atoms with E-state index in [1.807, 2.05) is 0 Å². The molecule has 116 valence electrons. The zero-order chi connectivity index (χ0) is 14.0. The van der Waals surface area contributed by atoms with Gasteiger partial charge in [-0.15, -0.1) is 0 Å². The van der Waals surface area contributed by atoms with Gasteiger partial charge in [0.25, 0.3) is 0 Å². The lowest BCUT2D eigenvalue weighted by Gasteiger charge is -2.43. The summed E-state index contributed by atoms with van der Waals surface area (Å²) in [5.41, 5.74) is 0.593. The Bertz CT molecular complexity index is 305. The van der Waals surface area contributed by atoms with Crippen molar-refractivity contribution in [3.8, 4) is 0 Å². The van der Waals surface area contributed by atoms with E-state index in [0.29, 0.717) is 5.41 Å². The maximum atomic E-state index is 3.97. The van der Waals surface area contributed by atoms with Gasteiger partial charge in [-0.2, -0.15) is 0 Å². The van der Waals surface area contributed by atoms with Crippen molar-refractivity contribution in [3.05, 3.63) is 0 Å². The number of hydrogen-bond acceptors (Lipinski definition) is 1. The molecule has 1 nitrogen and oxygen atoms in total. The van der Waals surface area contributed by atoms with E-state index in [1.54, 1.807) is 25.7 Å². The Kier molecular flexibility index (Phi) is 4.75. The quantitative estimate of drug-likeness (QED) is 0.708. The van der Waals surface area contributed by atoms with E-state index >= 15 is 0 Å². The van der Waals surface area contributed by atoms with Gasteiger partial charge in [0, 0.05) is 6.04 Å². The van der Waals surface area contributed by atoms with Gasteiger partial charge in [0.15, 0.2) is 0 Å². The predicted molar refractivity (Wildman–Crippen MR) is 86.8 cm³/mol. The highest BCUT2D eigenvalue weighted by atomic mass is 14.9. The summed E-state index contributed by atoms with van der Waals surface area (Å²) < 4.78 is 0. The van der Waals surface area contributed by atoms with Crippen LogP contribution in [0.25, 0.3) is 0 Å². The summed E-state index contributed by atoms with van der Waals surface area (Å²) in [7, 11) is 0. The van der Waals surface area contributed by atoms with E-state index in [1.165, 1.54) is 51.5 Å². The van der Waals surface area contributed by atoms with Crippen LogP contribution < -0.4 is 5.32 Å². The molecule has 3 fully saturated rings. The third-order valence-electron chi connectivity index (χ3n) is 6.90. The first kappa shape index (κ1) is 14.9. The number of fused-ring (bicyclic) bond motifs is 2. The van der Waals surface area contributed by atoms with Gasteiger partial charge < -0.3 is 5.32 Å². The summed E-state index contributed by atoms with van der Waals surface area (Å²) in [5.74, 6) is 3.26. The second-order valence-corrected chi connectivity index (χ2v) is 8.39. The molecular formula is C19H35N. The molecule has 0 aliphatic heterocycles. The molecule has 0 aromatic rings. The summed E-state index contributed by atoms with van der Waals surface area (Å²) in [6, 6.07) is 0.798. The Morgan fingerprint density at radius 1 is 1.10 bits per heavy atom. The Labute approximate surface area is 126 Å². The largest absolute Gasteiger partial charge is 0.313 e. The third-order valence-corrected chi connectivity index (χ3v) is 6.90. The topological polar surface area (TPSA) is 12.0 Å². The van der Waals surface area contributed by atoms with E-state index in [4.69, 9.17) is 0 Å². The molecule has 3 rings (SSSR count). The summed E-state index contributed by atoms with van der Waals surface area (Å²) in [6.07, 6.45) is 16.3. The van der Waals surface area contributed by atoms with Crippen LogP contribution in [0.5, 0.6) is 0 Å². The Balaban J connectivity index is 1.62. The first-order chi connectivity index (χ1) is 9.71. The fraction of sp³-hybridized carbons (Fsp3) is 1.00. The molecule has 3 aliphatic rings. The highest BCUT2D eigenvalue weighted by Gasteiger charge is 2.43. The minimum atomic E-state index is 0.593. The minimum absolute atomic E-state index is 0.593. The number of hydrogen-bond donors (Lipinski definition) is 1. The van der Waals surface area contributed by atoms with E-state index < -0.39 is 0 Å². The predicted octanol–water partition coefficient (Wildman–Crippen LogP) is 5.15. The molecule has 3 aliphatic carbocycles. The Hall–Kier alpha value is -0.0400. The molecule has 0 saturated heterocycles. The lowest BCUT2D eigenvalue weighted by Crippen LogP contribution is -2.46. The van der Waals surface area contributed by atoms with Gasteiger partial charge >= 0.3 is 0 Å². The van der Waals surface area contributed by atoms with Crippen LogP contribution in [0.1, 0.15) is 84.5 Å². The van der Waals surface area contributed by atoms with E-state index in [2.05, 4.69) is 19.2 Å². The van der Waals surface area contributed by atoms with Crippen LogP contribution >= 0.6 is 0 Å². The molecule has 0 amide bonds. The van der Waals surface area contributed by atoms with Gasteiger partial charge in [-0.1, -0.05) is 39.5 Å². The second kappa shape index (κ2) is 6.38. The van der Waals surface area contributed by atoms with E-state index in [9.17, 15) is 0 Å². The normalized spacial score (nSPS) is 37.2. The van der Waals surface area contributed by atoms with Crippen LogP contribution in [0.15, 0.2) is 0 Å². The first-order valence-corrected chi connectivity index (χ1v) is 9.44. The third kappa shape index (κ3) is 3.08. The Morgan fingerprint density at radius 2 is 1.90 bits per heavy atom. The van der Waals surface area contributed by atoms with Crippen molar-refractivity contribution in [2.75, 3.05) is 6.54 Å². The summed E-state index contributed by atoms with van der Waals surface area (Å²) in [5, 5.41) is 3.97. The molecule has 4 unspecified atom stereocenters. The number of nitrogens with one attached hydrogen (secondary N) is 1. The first-order valence-electron chi connectivity index (χ1n) is 9.44. The molecule has 0 aromatic carbocycles. The fourth-order valence-corrected chi connectivity index (χ4v) is 5.61. The van der Waals surface area contributed by atoms with Gasteiger partial charge in [0.2, 0.25) is 0 Å². The van der Waals surface area contributed by atoms with Crippen LogP contribution in [-0.2, 0) is 0 Å². The SMILES string of the molecule is CCCNC(CC1CC2CCC1C2)C1(C)CCCCC1. The Morgan fingerprint density at radius 3 is 2.50 bits per heavy atom. The average molecular weight is 277 g/mol. The van der Waals surface area contributed by atoms with Crippen molar-refractivity contribution < 1.29 is 0 Å². The maximum absolute atomic E-state index is 3.97. The molecule has 4 atom stereocenters. The molecule has 0 spiro atoms. The molecule has 0 heterocycles. The van der Waals surface area contributed by atoms with Crippen molar-refractivity contribution in [2.24, 2.45) is 23.2 Å². The van der Waals surface area contributed by atoms with Gasteiger partial charge in [0.05, 0.1) is 0 Å². The highest BCUT2D eigenvalue weighted by Crippen LogP contribution is 2.51. The molecule has 20 heavy (non-hydrogen) atoms. The highest BCUT2D eigenvalue weighted by molar-refractivity contribution is 4.96. The molecule has 0 radical (unpaired) electrons. The average Bonchev–Trinajstić information content (AvgIpc) is 3.06. The van der Waals surface area contributed by atoms with Crippen molar-refractivity contribution in [2.45, 2.75) is 90.5 Å². The van der Waals surface area contributed by atoms with Gasteiger partial charge in [-0.3, -0.25) is 0 Å². The van der Waals surface area contributed by atoms with Crippen molar-refractivity contribution in [1.29, 1.82) is 0 Å². The lowest BCUT2D eigenvalue weighted by atomic mass is 9.67. The molecule has 1 heteroatoms. The monoisotopic (exact) mass is 277 g/mol. The maximum Gasteiger partial charge on any atom is 0.0124 e. The van der Waals surface area contributed by atoms with Crippen LogP contribution in [0, 0.1) is 23.2 Å². The summed E-state index contributed by atoms with van der Waals surface area (Å²) >= 11 is 0. The molecule has 0 aromatic heterocycles. The van der Waals surface area contributed by atoms with Crippen LogP contribution in [-0.4, -0.2) is 12.6 Å². The zero-order valence-electron chi connectivity index (χ0n) is 13.8. The van der Waals surface area contributed by atoms with Crippen molar-refractivity contribution in [3.63, 3.8) is 0 Å².